The molecule has 0 aromatic heterocycles. The van der Waals surface area contributed by atoms with Gasteiger partial charge in [-0.05, 0) is 35.4 Å². The van der Waals surface area contributed by atoms with E-state index in [0.29, 0.717) is 17.1 Å². The molecule has 1 saturated heterocycles. The molecule has 2 heterocycles. The summed E-state index contributed by atoms with van der Waals surface area (Å²) in [5.74, 6) is 0.279. The van der Waals surface area contributed by atoms with Crippen LogP contribution in [-0.2, 0) is 4.79 Å². The lowest BCUT2D eigenvalue weighted by atomic mass is 9.66. The van der Waals surface area contributed by atoms with Crippen molar-refractivity contribution >= 4 is 11.9 Å². The van der Waals surface area contributed by atoms with Gasteiger partial charge in [0.25, 0.3) is 0 Å². The molecule has 0 N–H and O–H groups in total. The van der Waals surface area contributed by atoms with Crippen LogP contribution in [0.2, 0.25) is 0 Å². The van der Waals surface area contributed by atoms with E-state index in [-0.39, 0.29) is 5.78 Å². The molecule has 0 unspecified atom stereocenters. The van der Waals surface area contributed by atoms with E-state index in [1.807, 2.05) is 62.2 Å². The van der Waals surface area contributed by atoms with Crippen molar-refractivity contribution in [3.05, 3.63) is 65.4 Å². The van der Waals surface area contributed by atoms with Crippen molar-refractivity contribution < 1.29 is 14.3 Å². The second-order valence-electron chi connectivity index (χ2n) is 9.53. The van der Waals surface area contributed by atoms with Crippen LogP contribution in [-0.4, -0.2) is 30.9 Å². The molecule has 0 radical (unpaired) electrons. The van der Waals surface area contributed by atoms with Gasteiger partial charge in [-0.25, -0.2) is 0 Å². The second-order valence-corrected chi connectivity index (χ2v) is 9.53. The van der Waals surface area contributed by atoms with E-state index in [2.05, 4.69) is 12.1 Å². The smallest absolute Gasteiger partial charge is 0.177 e. The fraction of sp³-hybridized carbons (Fsp3) is 0.370. The summed E-state index contributed by atoms with van der Waals surface area (Å²) in [7, 11) is 3.10. The quantitative estimate of drug-likeness (QED) is 0.674. The second kappa shape index (κ2) is 7.98. The minimum Gasteiger partial charge on any atom is -0.497 e. The van der Waals surface area contributed by atoms with Gasteiger partial charge in [0.2, 0.25) is 0 Å². The molecule has 0 saturated carbocycles. The molecular weight excluding hydrogens is 414 g/mol. The maximum atomic E-state index is 13.9. The zero-order chi connectivity index (χ0) is 24.0. The highest BCUT2D eigenvalue weighted by atomic mass is 16.5. The van der Waals surface area contributed by atoms with E-state index in [1.165, 1.54) is 0 Å². The van der Waals surface area contributed by atoms with Gasteiger partial charge >= 0.3 is 0 Å². The van der Waals surface area contributed by atoms with Crippen LogP contribution in [0.4, 0.5) is 0 Å². The highest BCUT2D eigenvalue weighted by Gasteiger charge is 2.65. The third-order valence-corrected chi connectivity index (χ3v) is 6.72. The molecule has 0 bridgehead atoms. The maximum absolute atomic E-state index is 13.9. The Balaban J connectivity index is 2.07. The number of carbonyl (C=O) groups excluding carboxylic acids is 1. The standard InChI is InChI=1S/C27H27N3O3/c1-26(2,3)25(31)23-22(20-14-18(32-4)10-11-21(20)33-5)27(15-28,16-29)24-19-9-7-6-8-17(19)12-13-30(23)24/h6-14,22-24H,1-5H3/t22-,23+,24-/m0/s1. The number of benzene rings is 2. The molecule has 2 aliphatic rings. The molecule has 33 heavy (non-hydrogen) atoms. The summed E-state index contributed by atoms with van der Waals surface area (Å²) in [6, 6.07) is 16.4. The summed E-state index contributed by atoms with van der Waals surface area (Å²) in [6.45, 7) is 5.60. The van der Waals surface area contributed by atoms with E-state index >= 15 is 0 Å². The lowest BCUT2D eigenvalue weighted by Crippen LogP contribution is -2.43. The first kappa shape index (κ1) is 22.4. The Bertz CT molecular complexity index is 1200. The summed E-state index contributed by atoms with van der Waals surface area (Å²) in [5.41, 5.74) is 0.188. The van der Waals surface area contributed by atoms with Gasteiger partial charge in [-0.15, -0.1) is 0 Å². The van der Waals surface area contributed by atoms with Crippen LogP contribution in [0.15, 0.2) is 48.7 Å². The van der Waals surface area contributed by atoms with Crippen molar-refractivity contribution in [2.75, 3.05) is 14.2 Å². The molecular formula is C27H27N3O3. The monoisotopic (exact) mass is 441 g/mol. The predicted molar refractivity (Wildman–Crippen MR) is 124 cm³/mol. The van der Waals surface area contributed by atoms with Crippen LogP contribution in [0.5, 0.6) is 11.5 Å². The average molecular weight is 442 g/mol. The predicted octanol–water partition coefficient (Wildman–Crippen LogP) is 4.85. The van der Waals surface area contributed by atoms with Crippen molar-refractivity contribution in [3.8, 4) is 23.6 Å². The van der Waals surface area contributed by atoms with Gasteiger partial charge in [0, 0.05) is 23.1 Å². The minimum atomic E-state index is -1.54. The molecule has 0 spiro atoms. The van der Waals surface area contributed by atoms with E-state index in [4.69, 9.17) is 9.47 Å². The highest BCUT2D eigenvalue weighted by Crippen LogP contribution is 2.61. The Kier molecular flexibility index (Phi) is 5.42. The summed E-state index contributed by atoms with van der Waals surface area (Å²) in [4.78, 5) is 15.8. The molecule has 168 valence electrons. The van der Waals surface area contributed by atoms with Gasteiger partial charge in [-0.1, -0.05) is 45.0 Å². The van der Waals surface area contributed by atoms with E-state index in [9.17, 15) is 15.3 Å². The molecule has 2 aliphatic heterocycles. The molecule has 1 fully saturated rings. The summed E-state index contributed by atoms with van der Waals surface area (Å²) < 4.78 is 11.1. The lowest BCUT2D eigenvalue weighted by molar-refractivity contribution is -0.130. The number of fused-ring (bicyclic) bond motifs is 3. The number of ether oxygens (including phenoxy) is 2. The van der Waals surface area contributed by atoms with Crippen molar-refractivity contribution in [2.24, 2.45) is 10.8 Å². The number of ketones is 1. The first-order chi connectivity index (χ1) is 15.7. The van der Waals surface area contributed by atoms with E-state index in [0.717, 1.165) is 11.1 Å². The summed E-state index contributed by atoms with van der Waals surface area (Å²) in [5, 5.41) is 21.2. The molecule has 2 aromatic carbocycles. The zero-order valence-electron chi connectivity index (χ0n) is 19.5. The van der Waals surface area contributed by atoms with Gasteiger partial charge < -0.3 is 14.4 Å². The fourth-order valence-corrected chi connectivity index (χ4v) is 5.16. The Hall–Kier alpha value is -3.77. The molecule has 0 aliphatic carbocycles. The van der Waals surface area contributed by atoms with Crippen LogP contribution < -0.4 is 9.47 Å². The molecule has 3 atom stereocenters. The van der Waals surface area contributed by atoms with Gasteiger partial charge in [-0.3, -0.25) is 4.79 Å². The van der Waals surface area contributed by atoms with Gasteiger partial charge in [0.05, 0.1) is 38.4 Å². The Labute approximate surface area is 194 Å². The van der Waals surface area contributed by atoms with E-state index in [1.54, 1.807) is 32.4 Å². The third-order valence-electron chi connectivity index (χ3n) is 6.72. The van der Waals surface area contributed by atoms with Gasteiger partial charge in [0.15, 0.2) is 11.2 Å². The zero-order valence-corrected chi connectivity index (χ0v) is 19.5. The number of Topliss-reactive ketones (excluding diaryl/α,β-unsaturated/α-hetero) is 1. The fourth-order valence-electron chi connectivity index (χ4n) is 5.16. The van der Waals surface area contributed by atoms with Crippen LogP contribution in [0, 0.1) is 33.5 Å². The van der Waals surface area contributed by atoms with E-state index < -0.39 is 28.8 Å². The third kappa shape index (κ3) is 3.26. The SMILES string of the molecule is COc1ccc(OC)c([C@H]2[C@H](C(=O)C(C)(C)C)N3C=Cc4ccccc4[C@H]3C2(C#N)C#N)c1. The number of carbonyl (C=O) groups is 1. The normalized spacial score (nSPS) is 22.5. The number of hydrogen-bond donors (Lipinski definition) is 0. The lowest BCUT2D eigenvalue weighted by Gasteiger charge is -2.36. The topological polar surface area (TPSA) is 86.3 Å². The van der Waals surface area contributed by atoms with Crippen molar-refractivity contribution in [1.29, 1.82) is 10.5 Å². The summed E-state index contributed by atoms with van der Waals surface area (Å²) in [6.07, 6.45) is 3.80. The number of rotatable bonds is 4. The van der Waals surface area contributed by atoms with Crippen molar-refractivity contribution in [3.63, 3.8) is 0 Å². The van der Waals surface area contributed by atoms with Gasteiger partial charge in [-0.2, -0.15) is 10.5 Å². The largest absolute Gasteiger partial charge is 0.497 e. The van der Waals surface area contributed by atoms with Crippen LogP contribution in [0.3, 0.4) is 0 Å². The molecule has 6 heteroatoms. The number of nitriles is 2. The Morgan fingerprint density at radius 2 is 1.73 bits per heavy atom. The molecule has 4 rings (SSSR count). The van der Waals surface area contributed by atoms with Crippen molar-refractivity contribution in [2.45, 2.75) is 38.8 Å². The van der Waals surface area contributed by atoms with Crippen LogP contribution in [0.1, 0.15) is 49.4 Å². The maximum Gasteiger partial charge on any atom is 0.177 e. The first-order valence-electron chi connectivity index (χ1n) is 10.9. The number of methoxy groups -OCH3 is 2. The average Bonchev–Trinajstić information content (AvgIpc) is 3.13. The highest BCUT2D eigenvalue weighted by molar-refractivity contribution is 5.91. The number of hydrogen-bond acceptors (Lipinski definition) is 6. The Morgan fingerprint density at radius 1 is 1.03 bits per heavy atom. The molecule has 2 aromatic rings. The molecule has 0 amide bonds. The van der Waals surface area contributed by atoms with Crippen molar-refractivity contribution in [1.82, 2.24) is 4.90 Å². The first-order valence-corrected chi connectivity index (χ1v) is 10.9. The van der Waals surface area contributed by atoms with Crippen LogP contribution >= 0.6 is 0 Å². The van der Waals surface area contributed by atoms with Gasteiger partial charge in [0.1, 0.15) is 11.5 Å². The molecule has 6 nitrogen and oxygen atoms in total. The summed E-state index contributed by atoms with van der Waals surface area (Å²) >= 11 is 0. The number of nitrogens with zero attached hydrogens (tertiary/aromatic N) is 3. The minimum absolute atomic E-state index is 0.0428. The Morgan fingerprint density at radius 3 is 2.33 bits per heavy atom. The van der Waals surface area contributed by atoms with Crippen LogP contribution in [0.25, 0.3) is 6.08 Å².